The number of anilines is 1. The van der Waals surface area contributed by atoms with E-state index >= 15 is 0 Å². The molecule has 1 amide bonds. The van der Waals surface area contributed by atoms with Crippen LogP contribution < -0.4 is 10.6 Å². The van der Waals surface area contributed by atoms with Crippen LogP contribution in [-0.4, -0.2) is 40.5 Å². The number of hydrogen-bond acceptors (Lipinski definition) is 6. The van der Waals surface area contributed by atoms with E-state index in [0.717, 1.165) is 24.5 Å². The molecular formula is C18H25N5OS. The van der Waals surface area contributed by atoms with Crippen molar-refractivity contribution >= 4 is 22.4 Å². The molecule has 1 saturated heterocycles. The zero-order valence-corrected chi connectivity index (χ0v) is 15.2. The smallest absolute Gasteiger partial charge is 0.225 e. The van der Waals surface area contributed by atoms with Crippen molar-refractivity contribution in [1.29, 1.82) is 5.26 Å². The molecule has 6 nitrogen and oxygen atoms in total. The molecule has 2 saturated carbocycles. The van der Waals surface area contributed by atoms with Crippen LogP contribution >= 0.6 is 11.3 Å². The molecule has 3 fully saturated rings. The van der Waals surface area contributed by atoms with Crippen molar-refractivity contribution in [3.8, 4) is 6.19 Å². The van der Waals surface area contributed by atoms with E-state index in [1.165, 1.54) is 37.0 Å². The highest BCUT2D eigenvalue weighted by molar-refractivity contribution is 7.15. The second-order valence-electron chi connectivity index (χ2n) is 7.57. The molecule has 134 valence electrons. The Morgan fingerprint density at radius 2 is 2.04 bits per heavy atom. The highest BCUT2D eigenvalue weighted by Gasteiger charge is 2.41. The van der Waals surface area contributed by atoms with Crippen molar-refractivity contribution in [3.63, 3.8) is 0 Å². The Morgan fingerprint density at radius 3 is 2.80 bits per heavy atom. The van der Waals surface area contributed by atoms with Gasteiger partial charge in [0.05, 0.1) is 6.04 Å². The monoisotopic (exact) mass is 359 g/mol. The number of nitrogens with one attached hydrogen (secondary N) is 2. The second kappa shape index (κ2) is 7.20. The van der Waals surface area contributed by atoms with E-state index < -0.39 is 0 Å². The number of nitrogens with zero attached hydrogens (tertiary/aromatic N) is 3. The molecule has 2 N–H and O–H groups in total. The Labute approximate surface area is 152 Å². The number of carbonyl (C=O) groups excluding carboxylic acids is 1. The van der Waals surface area contributed by atoms with Gasteiger partial charge >= 0.3 is 0 Å². The van der Waals surface area contributed by atoms with Gasteiger partial charge in [-0.15, -0.1) is 11.3 Å². The molecule has 2 heterocycles. The molecular weight excluding hydrogens is 334 g/mol. The SMILES string of the molecule is N#CNC1CC(N2C[C@H](Nc3ncc(C4CCCCC4)s3)CC2=O)C1. The van der Waals surface area contributed by atoms with Crippen LogP contribution in [-0.2, 0) is 4.79 Å². The van der Waals surface area contributed by atoms with Gasteiger partial charge in [0, 0.05) is 36.1 Å². The number of aromatic nitrogens is 1. The fraction of sp³-hybridized carbons (Fsp3) is 0.722. The van der Waals surface area contributed by atoms with Gasteiger partial charge in [0.25, 0.3) is 0 Å². The summed E-state index contributed by atoms with van der Waals surface area (Å²) in [6.45, 7) is 0.751. The number of hydrogen-bond donors (Lipinski definition) is 2. The summed E-state index contributed by atoms with van der Waals surface area (Å²) in [5, 5.41) is 15.9. The maximum atomic E-state index is 12.3. The van der Waals surface area contributed by atoms with Crippen LogP contribution in [0.25, 0.3) is 0 Å². The molecule has 1 atom stereocenters. The first kappa shape index (κ1) is 16.6. The molecule has 0 unspecified atom stereocenters. The topological polar surface area (TPSA) is 81.1 Å². The first-order valence-corrected chi connectivity index (χ1v) is 10.2. The van der Waals surface area contributed by atoms with Gasteiger partial charge in [-0.25, -0.2) is 4.98 Å². The van der Waals surface area contributed by atoms with E-state index in [0.29, 0.717) is 18.4 Å². The molecule has 1 aliphatic heterocycles. The van der Waals surface area contributed by atoms with Crippen LogP contribution in [0.1, 0.15) is 62.2 Å². The van der Waals surface area contributed by atoms with Crippen molar-refractivity contribution in [3.05, 3.63) is 11.1 Å². The Balaban J connectivity index is 1.30. The molecule has 1 aromatic heterocycles. The summed E-state index contributed by atoms with van der Waals surface area (Å²) in [4.78, 5) is 20.2. The molecule has 2 aliphatic carbocycles. The molecule has 0 bridgehead atoms. The minimum absolute atomic E-state index is 0.154. The quantitative estimate of drug-likeness (QED) is 0.624. The van der Waals surface area contributed by atoms with Gasteiger partial charge in [-0.2, -0.15) is 5.26 Å². The van der Waals surface area contributed by atoms with Crippen LogP contribution in [0.2, 0.25) is 0 Å². The average Bonchev–Trinajstić information content (AvgIpc) is 3.19. The normalized spacial score (nSPS) is 30.0. The highest BCUT2D eigenvalue weighted by Crippen LogP contribution is 2.37. The Bertz CT molecular complexity index is 657. The van der Waals surface area contributed by atoms with Crippen molar-refractivity contribution in [1.82, 2.24) is 15.2 Å². The number of thiazole rings is 1. The van der Waals surface area contributed by atoms with Crippen molar-refractivity contribution in [2.75, 3.05) is 11.9 Å². The van der Waals surface area contributed by atoms with Crippen LogP contribution in [0.5, 0.6) is 0 Å². The van der Waals surface area contributed by atoms with E-state index in [4.69, 9.17) is 5.26 Å². The Morgan fingerprint density at radius 1 is 1.24 bits per heavy atom. The van der Waals surface area contributed by atoms with Crippen LogP contribution in [0, 0.1) is 11.5 Å². The largest absolute Gasteiger partial charge is 0.356 e. The lowest BCUT2D eigenvalue weighted by molar-refractivity contribution is -0.131. The highest BCUT2D eigenvalue weighted by atomic mass is 32.1. The van der Waals surface area contributed by atoms with Gasteiger partial charge in [0.2, 0.25) is 5.91 Å². The van der Waals surface area contributed by atoms with Crippen molar-refractivity contribution in [2.45, 2.75) is 75.4 Å². The lowest BCUT2D eigenvalue weighted by atomic mass is 9.86. The fourth-order valence-electron chi connectivity index (χ4n) is 4.34. The summed E-state index contributed by atoms with van der Waals surface area (Å²) >= 11 is 1.77. The zero-order chi connectivity index (χ0) is 17.2. The summed E-state index contributed by atoms with van der Waals surface area (Å²) in [7, 11) is 0. The third-order valence-corrected chi connectivity index (χ3v) is 6.93. The zero-order valence-electron chi connectivity index (χ0n) is 14.4. The minimum Gasteiger partial charge on any atom is -0.356 e. The predicted molar refractivity (Wildman–Crippen MR) is 97.2 cm³/mol. The second-order valence-corrected chi connectivity index (χ2v) is 8.63. The number of rotatable bonds is 5. The lowest BCUT2D eigenvalue weighted by Gasteiger charge is -2.40. The van der Waals surface area contributed by atoms with Gasteiger partial charge < -0.3 is 15.5 Å². The van der Waals surface area contributed by atoms with Gasteiger partial charge in [-0.05, 0) is 31.6 Å². The standard InChI is InChI=1S/C18H25N5OS/c19-11-21-13-6-15(7-13)23-10-14(8-17(23)24)22-18-20-9-16(25-18)12-4-2-1-3-5-12/h9,12-15,21H,1-8,10H2,(H,20,22)/t13?,14-,15?/m1/s1. The predicted octanol–water partition coefficient (Wildman–Crippen LogP) is 2.81. The summed E-state index contributed by atoms with van der Waals surface area (Å²) in [5.74, 6) is 0.907. The third kappa shape index (κ3) is 3.59. The lowest BCUT2D eigenvalue weighted by Crippen LogP contribution is -2.52. The molecule has 0 spiro atoms. The summed E-state index contributed by atoms with van der Waals surface area (Å²) < 4.78 is 0. The van der Waals surface area contributed by atoms with E-state index in [-0.39, 0.29) is 18.0 Å². The summed E-state index contributed by atoms with van der Waals surface area (Å²) in [6, 6.07) is 0.687. The van der Waals surface area contributed by atoms with Gasteiger partial charge in [-0.3, -0.25) is 4.79 Å². The van der Waals surface area contributed by atoms with Crippen LogP contribution in [0.3, 0.4) is 0 Å². The maximum Gasteiger partial charge on any atom is 0.225 e. The molecule has 7 heteroatoms. The average molecular weight is 359 g/mol. The Kier molecular flexibility index (Phi) is 4.80. The summed E-state index contributed by atoms with van der Waals surface area (Å²) in [6.07, 6.45) is 12.9. The van der Waals surface area contributed by atoms with Crippen molar-refractivity contribution < 1.29 is 4.79 Å². The van der Waals surface area contributed by atoms with Crippen molar-refractivity contribution in [2.24, 2.45) is 0 Å². The maximum absolute atomic E-state index is 12.3. The molecule has 0 radical (unpaired) electrons. The van der Waals surface area contributed by atoms with E-state index in [1.807, 2.05) is 17.3 Å². The molecule has 0 aromatic carbocycles. The first-order chi connectivity index (χ1) is 12.2. The molecule has 3 aliphatic rings. The first-order valence-electron chi connectivity index (χ1n) is 9.39. The van der Waals surface area contributed by atoms with E-state index in [9.17, 15) is 4.79 Å². The molecule has 4 rings (SSSR count). The minimum atomic E-state index is 0.154. The number of amides is 1. The van der Waals surface area contributed by atoms with Gasteiger partial charge in [-0.1, -0.05) is 19.3 Å². The molecule has 1 aromatic rings. The van der Waals surface area contributed by atoms with E-state index in [2.05, 4.69) is 15.6 Å². The van der Waals surface area contributed by atoms with Gasteiger partial charge in [0.1, 0.15) is 0 Å². The van der Waals surface area contributed by atoms with E-state index in [1.54, 1.807) is 11.3 Å². The third-order valence-electron chi connectivity index (χ3n) is 5.84. The fourth-order valence-corrected chi connectivity index (χ4v) is 5.40. The summed E-state index contributed by atoms with van der Waals surface area (Å²) in [5.41, 5.74) is 0. The number of carbonyl (C=O) groups is 1. The number of likely N-dealkylation sites (tertiary alicyclic amines) is 1. The molecule has 25 heavy (non-hydrogen) atoms. The van der Waals surface area contributed by atoms with Crippen LogP contribution in [0.4, 0.5) is 5.13 Å². The number of nitriles is 1. The van der Waals surface area contributed by atoms with Gasteiger partial charge in [0.15, 0.2) is 11.3 Å². The Hall–Kier alpha value is -1.81. The van der Waals surface area contributed by atoms with Crippen LogP contribution in [0.15, 0.2) is 6.20 Å².